The molecule has 4 aromatic rings. The summed E-state index contributed by atoms with van der Waals surface area (Å²) >= 11 is 3.70. The van der Waals surface area contributed by atoms with Crippen molar-refractivity contribution in [3.05, 3.63) is 60.9 Å². The number of fused-ring (bicyclic) bond motifs is 5. The molecular weight excluding hydrogens is 501 g/mol. The van der Waals surface area contributed by atoms with Crippen LogP contribution >= 0.6 is 0 Å². The van der Waals surface area contributed by atoms with E-state index in [9.17, 15) is 0 Å². The van der Waals surface area contributed by atoms with Crippen molar-refractivity contribution < 1.29 is 25.9 Å². The van der Waals surface area contributed by atoms with Crippen LogP contribution in [0.25, 0.3) is 32.6 Å². The molecule has 2 heterocycles. The van der Waals surface area contributed by atoms with Crippen LogP contribution in [0, 0.1) is 10.7 Å². The Hall–Kier alpha value is -2.41. The largest absolute Gasteiger partial charge is 2.00 e. The van der Waals surface area contributed by atoms with E-state index in [1.165, 1.54) is 10.8 Å². The van der Waals surface area contributed by atoms with Crippen molar-refractivity contribution in [1.29, 1.82) is 5.26 Å². The van der Waals surface area contributed by atoms with E-state index in [-0.39, 0.29) is 21.1 Å². The summed E-state index contributed by atoms with van der Waals surface area (Å²) < 4.78 is 0. The Labute approximate surface area is 159 Å². The number of nitriles is 1. The standard InChI is InChI=1S/C16H10N2.CHNS.CHO.Pt/c1-3-12-7-5-11-6-8-13-4-2-10-18-16(13)14(11)15(12)17-9-1;2-1-3;1-2;/h1-10H;3H;1H;/q;;-1;+2/p-1. The zero-order valence-electron chi connectivity index (χ0n) is 12.3. The number of hydrogen-bond donors (Lipinski definition) is 0. The molecule has 4 nitrogen and oxygen atoms in total. The molecule has 2 aromatic heterocycles. The Kier molecular flexibility index (Phi) is 7.91. The van der Waals surface area contributed by atoms with Gasteiger partial charge in [-0.3, -0.25) is 16.8 Å². The molecule has 120 valence electrons. The molecule has 6 heteroatoms. The molecule has 0 aliphatic carbocycles. The summed E-state index contributed by atoms with van der Waals surface area (Å²) in [6, 6.07) is 16.6. The number of thiocyanates is 1. The second-order valence-corrected chi connectivity index (χ2v) is 4.65. The third-order valence-electron chi connectivity index (χ3n) is 3.33. The summed E-state index contributed by atoms with van der Waals surface area (Å²) in [5, 5.41) is 13.1. The van der Waals surface area contributed by atoms with Crippen molar-refractivity contribution in [3.63, 3.8) is 0 Å². The van der Waals surface area contributed by atoms with E-state index in [1.54, 1.807) is 0 Å². The van der Waals surface area contributed by atoms with Gasteiger partial charge in [-0.25, -0.2) is 5.26 Å². The van der Waals surface area contributed by atoms with Gasteiger partial charge < -0.3 is 17.4 Å². The number of benzene rings is 2. The van der Waals surface area contributed by atoms with Crippen LogP contribution in [0.4, 0.5) is 0 Å². The van der Waals surface area contributed by atoms with Gasteiger partial charge in [-0.1, -0.05) is 41.8 Å². The molecule has 0 fully saturated rings. The van der Waals surface area contributed by atoms with Gasteiger partial charge in [-0.15, -0.1) is 0 Å². The first-order valence-electron chi connectivity index (χ1n) is 6.61. The van der Waals surface area contributed by atoms with Crippen molar-refractivity contribution in [2.45, 2.75) is 0 Å². The molecule has 0 N–H and O–H groups in total. The third kappa shape index (κ3) is 3.91. The molecule has 4 rings (SSSR count). The van der Waals surface area contributed by atoms with Gasteiger partial charge in [-0.2, -0.15) is 0 Å². The number of rotatable bonds is 0. The van der Waals surface area contributed by atoms with Gasteiger partial charge in [0.2, 0.25) is 0 Å². The van der Waals surface area contributed by atoms with Gasteiger partial charge in [0, 0.05) is 28.6 Å². The smallest absolute Gasteiger partial charge is 0.696 e. The molecule has 0 aliphatic heterocycles. The molecule has 0 amide bonds. The van der Waals surface area contributed by atoms with Gasteiger partial charge in [0.1, 0.15) is 0 Å². The Morgan fingerprint density at radius 2 is 1.21 bits per heavy atom. The average Bonchev–Trinajstić information content (AvgIpc) is 2.63. The zero-order valence-corrected chi connectivity index (χ0v) is 15.4. The topological polar surface area (TPSA) is 66.6 Å². The van der Waals surface area contributed by atoms with Crippen molar-refractivity contribution in [2.75, 3.05) is 0 Å². The number of nitrogens with zero attached hydrogens (tertiary/aromatic N) is 3. The minimum Gasteiger partial charge on any atom is -0.696 e. The van der Waals surface area contributed by atoms with E-state index in [1.807, 2.05) is 24.5 Å². The predicted molar refractivity (Wildman–Crippen MR) is 94.3 cm³/mol. The van der Waals surface area contributed by atoms with E-state index >= 15 is 0 Å². The second-order valence-electron chi connectivity index (χ2n) is 4.47. The first-order chi connectivity index (χ1) is 11.3. The summed E-state index contributed by atoms with van der Waals surface area (Å²) in [6.07, 6.45) is 3.67. The Balaban J connectivity index is 0.000000437. The number of carbonyl (C=O) groups excluding carboxylic acids is 1. The van der Waals surface area contributed by atoms with Crippen molar-refractivity contribution >= 4 is 52.0 Å². The summed E-state index contributed by atoms with van der Waals surface area (Å²) in [7, 11) is 0. The fourth-order valence-electron chi connectivity index (χ4n) is 2.49. The second kappa shape index (κ2) is 9.67. The monoisotopic (exact) mass is 512 g/mol. The molecule has 0 unspecified atom stereocenters. The van der Waals surface area contributed by atoms with Gasteiger partial charge in [-0.05, 0) is 17.5 Å². The van der Waals surface area contributed by atoms with Gasteiger partial charge >= 0.3 is 21.1 Å². The van der Waals surface area contributed by atoms with Crippen LogP contribution < -0.4 is 0 Å². The van der Waals surface area contributed by atoms with Crippen LogP contribution in [0.3, 0.4) is 0 Å². The summed E-state index contributed by atoms with van der Waals surface area (Å²) in [4.78, 5) is 16.8. The molecule has 0 radical (unpaired) electrons. The van der Waals surface area contributed by atoms with Crippen molar-refractivity contribution in [3.8, 4) is 5.40 Å². The van der Waals surface area contributed by atoms with Crippen LogP contribution in [-0.4, -0.2) is 16.8 Å². The Morgan fingerprint density at radius 3 is 1.62 bits per heavy atom. The molecule has 0 saturated heterocycles. The van der Waals surface area contributed by atoms with E-state index in [0.29, 0.717) is 0 Å². The molecule has 0 saturated carbocycles. The van der Waals surface area contributed by atoms with Gasteiger partial charge in [0.05, 0.1) is 11.0 Å². The van der Waals surface area contributed by atoms with E-state index in [4.69, 9.17) is 10.1 Å². The normalized spacial score (nSPS) is 8.96. The Bertz CT molecular complexity index is 931. The number of pyridine rings is 2. The maximum absolute atomic E-state index is 7.75. The van der Waals surface area contributed by atoms with E-state index in [0.717, 1.165) is 27.2 Å². The molecule has 2 aromatic carbocycles. The van der Waals surface area contributed by atoms with E-state index in [2.05, 4.69) is 65.8 Å². The number of hydrogen-bond acceptors (Lipinski definition) is 5. The summed E-state index contributed by atoms with van der Waals surface area (Å²) in [6.45, 7) is 3.25. The maximum atomic E-state index is 7.75. The summed E-state index contributed by atoms with van der Waals surface area (Å²) in [5.41, 5.74) is 2.05. The fraction of sp³-hybridized carbons (Fsp3) is 0. The van der Waals surface area contributed by atoms with Gasteiger partial charge in [0.15, 0.2) is 0 Å². The van der Waals surface area contributed by atoms with Crippen LogP contribution in [0.5, 0.6) is 0 Å². The van der Waals surface area contributed by atoms with Crippen LogP contribution in [0.2, 0.25) is 0 Å². The molecule has 0 atom stereocenters. The fourth-order valence-corrected chi connectivity index (χ4v) is 2.49. The molecule has 24 heavy (non-hydrogen) atoms. The predicted octanol–water partition coefficient (Wildman–Crippen LogP) is 3.67. The van der Waals surface area contributed by atoms with Crippen LogP contribution in [0.15, 0.2) is 60.9 Å². The number of aromatic nitrogens is 2. The van der Waals surface area contributed by atoms with Crippen LogP contribution in [-0.2, 0) is 38.5 Å². The average molecular weight is 512 g/mol. The molecular formula is C18H11N3OPtS. The molecule has 0 spiro atoms. The van der Waals surface area contributed by atoms with Crippen molar-refractivity contribution in [1.82, 2.24) is 9.97 Å². The quantitative estimate of drug-likeness (QED) is 0.118. The first-order valence-corrected chi connectivity index (χ1v) is 7.02. The maximum Gasteiger partial charge on any atom is 2.00 e. The molecule has 0 aliphatic rings. The van der Waals surface area contributed by atoms with Gasteiger partial charge in [0.25, 0.3) is 0 Å². The van der Waals surface area contributed by atoms with Crippen LogP contribution in [0.1, 0.15) is 0 Å². The SMILES string of the molecule is N#C[S-].[CH-]=O.[Pt+2].c1cnc2c(c1)ccc1ccc3cccnc3c12. The molecule has 0 bridgehead atoms. The Morgan fingerprint density at radius 1 is 0.833 bits per heavy atom. The van der Waals surface area contributed by atoms with E-state index < -0.39 is 0 Å². The zero-order chi connectivity index (χ0) is 16.7. The minimum atomic E-state index is 0. The first kappa shape index (κ1) is 19.6. The van der Waals surface area contributed by atoms with Crippen molar-refractivity contribution in [2.24, 2.45) is 0 Å². The third-order valence-corrected chi connectivity index (χ3v) is 3.33. The minimum absolute atomic E-state index is 0. The summed E-state index contributed by atoms with van der Waals surface area (Å²) in [5.74, 6) is 0.